The van der Waals surface area contributed by atoms with Crippen molar-refractivity contribution in [2.45, 2.75) is 19.7 Å². The number of hydrogen-bond donors (Lipinski definition) is 2. The van der Waals surface area contributed by atoms with Gasteiger partial charge < -0.3 is 19.8 Å². The lowest BCUT2D eigenvalue weighted by atomic mass is 10.2. The fourth-order valence-electron chi connectivity index (χ4n) is 2.34. The van der Waals surface area contributed by atoms with Crippen molar-refractivity contribution in [3.63, 3.8) is 0 Å². The molecule has 0 aliphatic carbocycles. The number of nitrogens with zero attached hydrogens (tertiary/aromatic N) is 2. The normalized spacial score (nSPS) is 11.2. The van der Waals surface area contributed by atoms with Gasteiger partial charge in [-0.15, -0.1) is 35.3 Å². The highest BCUT2D eigenvalue weighted by Gasteiger charge is 2.10. The number of alkyl halides is 2. The zero-order valence-electron chi connectivity index (χ0n) is 14.9. The van der Waals surface area contributed by atoms with E-state index in [0.717, 1.165) is 10.6 Å². The molecule has 10 heteroatoms. The predicted octanol–water partition coefficient (Wildman–Crippen LogP) is 4.49. The summed E-state index contributed by atoms with van der Waals surface area (Å²) in [6.45, 7) is -2.18. The van der Waals surface area contributed by atoms with Crippen molar-refractivity contribution in [1.29, 1.82) is 0 Å². The van der Waals surface area contributed by atoms with Crippen molar-refractivity contribution in [3.8, 4) is 16.5 Å². The molecule has 0 amide bonds. The van der Waals surface area contributed by atoms with E-state index in [2.05, 4.69) is 25.3 Å². The zero-order valence-corrected chi connectivity index (χ0v) is 18.0. The van der Waals surface area contributed by atoms with Gasteiger partial charge in [0.05, 0.1) is 17.1 Å². The van der Waals surface area contributed by atoms with Gasteiger partial charge >= 0.3 is 6.61 Å². The van der Waals surface area contributed by atoms with Gasteiger partial charge in [-0.25, -0.2) is 4.98 Å². The van der Waals surface area contributed by atoms with Gasteiger partial charge in [0.2, 0.25) is 5.89 Å². The van der Waals surface area contributed by atoms with Crippen LogP contribution in [0.2, 0.25) is 0 Å². The summed E-state index contributed by atoms with van der Waals surface area (Å²) < 4.78 is 35.0. The molecule has 0 aliphatic rings. The van der Waals surface area contributed by atoms with E-state index >= 15 is 0 Å². The fraction of sp³-hybridized carbons (Fsp3) is 0.222. The number of para-hydroxylation sites is 1. The molecule has 150 valence electrons. The molecule has 2 N–H and O–H groups in total. The van der Waals surface area contributed by atoms with Crippen molar-refractivity contribution in [1.82, 2.24) is 15.6 Å². The van der Waals surface area contributed by atoms with Crippen LogP contribution < -0.4 is 15.4 Å². The molecule has 3 rings (SSSR count). The van der Waals surface area contributed by atoms with Crippen LogP contribution in [0, 0.1) is 0 Å². The molecule has 0 atom stereocenters. The molecular formula is C18H19F2IN4O2S. The lowest BCUT2D eigenvalue weighted by molar-refractivity contribution is -0.0504. The molecule has 3 aromatic rings. The molecule has 0 fully saturated rings. The first-order chi connectivity index (χ1) is 13.2. The van der Waals surface area contributed by atoms with Crippen LogP contribution in [0.4, 0.5) is 8.78 Å². The summed E-state index contributed by atoms with van der Waals surface area (Å²) in [6.07, 6.45) is 1.58. The second-order valence-corrected chi connectivity index (χ2v) is 6.33. The molecule has 28 heavy (non-hydrogen) atoms. The monoisotopic (exact) mass is 520 g/mol. The van der Waals surface area contributed by atoms with Gasteiger partial charge in [-0.05, 0) is 17.5 Å². The van der Waals surface area contributed by atoms with Crippen LogP contribution >= 0.6 is 35.3 Å². The Labute approximate surface area is 182 Å². The van der Waals surface area contributed by atoms with Gasteiger partial charge in [0.15, 0.2) is 5.96 Å². The molecule has 6 nitrogen and oxygen atoms in total. The first-order valence-electron chi connectivity index (χ1n) is 8.11. The van der Waals surface area contributed by atoms with Gasteiger partial charge in [0, 0.05) is 19.2 Å². The number of rotatable bonds is 7. The Morgan fingerprint density at radius 2 is 2.00 bits per heavy atom. The second-order valence-electron chi connectivity index (χ2n) is 5.39. The summed E-state index contributed by atoms with van der Waals surface area (Å²) in [5, 5.41) is 8.12. The lowest BCUT2D eigenvalue weighted by Crippen LogP contribution is -2.36. The maximum atomic E-state index is 12.5. The van der Waals surface area contributed by atoms with Crippen molar-refractivity contribution >= 4 is 41.3 Å². The molecular weight excluding hydrogens is 501 g/mol. The average molecular weight is 520 g/mol. The quantitative estimate of drug-likeness (QED) is 0.273. The Morgan fingerprint density at radius 3 is 2.71 bits per heavy atom. The van der Waals surface area contributed by atoms with Crippen LogP contribution in [0.5, 0.6) is 5.75 Å². The highest BCUT2D eigenvalue weighted by molar-refractivity contribution is 14.0. The van der Waals surface area contributed by atoms with Crippen LogP contribution in [-0.4, -0.2) is 24.6 Å². The van der Waals surface area contributed by atoms with Crippen LogP contribution in [-0.2, 0) is 13.1 Å². The van der Waals surface area contributed by atoms with Crippen LogP contribution in [0.3, 0.4) is 0 Å². The number of aliphatic imine (C=N–C) groups is 1. The minimum Gasteiger partial charge on any atom is -0.443 e. The van der Waals surface area contributed by atoms with E-state index in [-0.39, 0.29) is 36.3 Å². The molecule has 0 aliphatic heterocycles. The number of benzene rings is 1. The van der Waals surface area contributed by atoms with E-state index in [4.69, 9.17) is 4.42 Å². The number of nitrogens with one attached hydrogen (secondary N) is 2. The van der Waals surface area contributed by atoms with Crippen LogP contribution in [0.15, 0.2) is 57.5 Å². The third-order valence-electron chi connectivity index (χ3n) is 3.58. The van der Waals surface area contributed by atoms with Gasteiger partial charge in [-0.1, -0.05) is 24.3 Å². The zero-order chi connectivity index (χ0) is 19.1. The third-order valence-corrected chi connectivity index (χ3v) is 4.44. The lowest BCUT2D eigenvalue weighted by Gasteiger charge is -2.14. The number of thiophene rings is 1. The van der Waals surface area contributed by atoms with Crippen molar-refractivity contribution in [3.05, 3.63) is 59.3 Å². The SMILES string of the molecule is CN=C(NCc1coc(-c2cccs2)n1)NCc1ccccc1OC(F)F.I. The number of guanidine groups is 1. The first kappa shape index (κ1) is 22.1. The van der Waals surface area contributed by atoms with Crippen LogP contribution in [0.1, 0.15) is 11.3 Å². The van der Waals surface area contributed by atoms with Crippen LogP contribution in [0.25, 0.3) is 10.8 Å². The molecule has 0 saturated carbocycles. The Balaban J connectivity index is 0.00000280. The summed E-state index contributed by atoms with van der Waals surface area (Å²) in [6, 6.07) is 10.5. The topological polar surface area (TPSA) is 71.7 Å². The molecule has 0 bridgehead atoms. The number of ether oxygens (including phenoxy) is 1. The van der Waals surface area contributed by atoms with Gasteiger partial charge in [0.1, 0.15) is 12.0 Å². The molecule has 0 spiro atoms. The van der Waals surface area contributed by atoms with Gasteiger partial charge in [-0.3, -0.25) is 4.99 Å². The first-order valence-corrected chi connectivity index (χ1v) is 8.99. The molecule has 2 aromatic heterocycles. The van der Waals surface area contributed by atoms with Crippen molar-refractivity contribution in [2.24, 2.45) is 4.99 Å². The highest BCUT2D eigenvalue weighted by Crippen LogP contribution is 2.23. The van der Waals surface area contributed by atoms with E-state index in [1.165, 1.54) is 6.07 Å². The molecule has 1 aromatic carbocycles. The molecule has 2 heterocycles. The van der Waals surface area contributed by atoms with Crippen molar-refractivity contribution in [2.75, 3.05) is 7.05 Å². The average Bonchev–Trinajstić information content (AvgIpc) is 3.34. The standard InChI is InChI=1S/C18H18F2N4O2S.HI/c1-21-18(22-9-12-5-2-3-6-14(12)26-17(19)20)23-10-13-11-25-16(24-13)15-7-4-8-27-15;/h2-8,11,17H,9-10H2,1H3,(H2,21,22,23);1H. The maximum Gasteiger partial charge on any atom is 0.387 e. The minimum absolute atomic E-state index is 0. The Bertz CT molecular complexity index is 887. The van der Waals surface area contributed by atoms with Gasteiger partial charge in [-0.2, -0.15) is 8.78 Å². The number of hydrogen-bond acceptors (Lipinski definition) is 5. The Kier molecular flexibility index (Phi) is 8.64. The molecule has 0 saturated heterocycles. The Hall–Kier alpha value is -2.21. The van der Waals surface area contributed by atoms with E-state index in [1.54, 1.807) is 42.8 Å². The maximum absolute atomic E-state index is 12.5. The molecule has 0 radical (unpaired) electrons. The highest BCUT2D eigenvalue weighted by atomic mass is 127. The van der Waals surface area contributed by atoms with E-state index in [1.807, 2.05) is 17.5 Å². The largest absolute Gasteiger partial charge is 0.443 e. The summed E-state index contributed by atoms with van der Waals surface area (Å²) in [5.41, 5.74) is 1.32. The minimum atomic E-state index is -2.87. The summed E-state index contributed by atoms with van der Waals surface area (Å²) in [4.78, 5) is 9.49. The summed E-state index contributed by atoms with van der Waals surface area (Å²) in [7, 11) is 1.62. The van der Waals surface area contributed by atoms with E-state index in [0.29, 0.717) is 24.0 Å². The van der Waals surface area contributed by atoms with Crippen molar-refractivity contribution < 1.29 is 17.9 Å². The summed E-state index contributed by atoms with van der Waals surface area (Å²) >= 11 is 1.55. The summed E-state index contributed by atoms with van der Waals surface area (Å²) in [5.74, 6) is 1.21. The third kappa shape index (κ3) is 6.16. The van der Waals surface area contributed by atoms with E-state index in [9.17, 15) is 8.78 Å². The predicted molar refractivity (Wildman–Crippen MR) is 115 cm³/mol. The number of oxazole rings is 1. The Morgan fingerprint density at radius 1 is 1.21 bits per heavy atom. The smallest absolute Gasteiger partial charge is 0.387 e. The van der Waals surface area contributed by atoms with E-state index < -0.39 is 6.61 Å². The van der Waals surface area contributed by atoms with Gasteiger partial charge in [0.25, 0.3) is 0 Å². The number of aromatic nitrogens is 1. The number of halogens is 3. The fourth-order valence-corrected chi connectivity index (χ4v) is 2.99. The molecule has 0 unspecified atom stereocenters. The second kappa shape index (κ2) is 11.0.